The first-order valence-corrected chi connectivity index (χ1v) is 7.68. The number of carbonyl (C=O) groups is 1. The fourth-order valence-corrected chi connectivity index (χ4v) is 3.49. The number of aldehydes is 1. The van der Waals surface area contributed by atoms with E-state index in [9.17, 15) is 4.79 Å². The van der Waals surface area contributed by atoms with Crippen LogP contribution in [0.4, 0.5) is 0 Å². The van der Waals surface area contributed by atoms with E-state index in [1.54, 1.807) is 25.3 Å². The summed E-state index contributed by atoms with van der Waals surface area (Å²) in [4.78, 5) is 10.9. The molecule has 2 fully saturated rings. The van der Waals surface area contributed by atoms with Crippen LogP contribution in [0.1, 0.15) is 48.9 Å². The second-order valence-electron chi connectivity index (χ2n) is 6.00. The van der Waals surface area contributed by atoms with Gasteiger partial charge >= 0.3 is 0 Å². The number of rotatable bonds is 4. The number of methoxy groups -OCH3 is 1. The van der Waals surface area contributed by atoms with Gasteiger partial charge in [0.1, 0.15) is 12.4 Å². The van der Waals surface area contributed by atoms with Gasteiger partial charge in [-0.1, -0.05) is 12.8 Å². The zero-order valence-electron chi connectivity index (χ0n) is 12.5. The summed E-state index contributed by atoms with van der Waals surface area (Å²) in [6.07, 6.45) is 7.55. The van der Waals surface area contributed by atoms with E-state index in [0.29, 0.717) is 17.1 Å². The molecule has 1 spiro atoms. The molecule has 0 aromatic heterocycles. The Morgan fingerprint density at radius 1 is 1.29 bits per heavy atom. The zero-order valence-corrected chi connectivity index (χ0v) is 12.5. The molecule has 0 N–H and O–H groups in total. The molecule has 1 aliphatic carbocycles. The third-order valence-corrected chi connectivity index (χ3v) is 4.58. The summed E-state index contributed by atoms with van der Waals surface area (Å²) in [5, 5.41) is 0. The van der Waals surface area contributed by atoms with E-state index < -0.39 is 0 Å². The minimum absolute atomic E-state index is 0.0262. The molecule has 1 atom stereocenters. The van der Waals surface area contributed by atoms with Crippen molar-refractivity contribution in [3.63, 3.8) is 0 Å². The zero-order chi connectivity index (χ0) is 14.7. The van der Waals surface area contributed by atoms with Gasteiger partial charge in [-0.25, -0.2) is 0 Å². The van der Waals surface area contributed by atoms with Crippen LogP contribution in [0.2, 0.25) is 0 Å². The minimum atomic E-state index is 0.0262. The first kappa shape index (κ1) is 14.4. The average molecular weight is 290 g/mol. The third kappa shape index (κ3) is 3.05. The normalized spacial score (nSPS) is 24.0. The van der Waals surface area contributed by atoms with Gasteiger partial charge in [-0.3, -0.25) is 4.79 Å². The molecule has 1 unspecified atom stereocenters. The Morgan fingerprint density at radius 2 is 2.10 bits per heavy atom. The number of benzene rings is 1. The van der Waals surface area contributed by atoms with E-state index >= 15 is 0 Å². The molecular weight excluding hydrogens is 268 g/mol. The van der Waals surface area contributed by atoms with Crippen molar-refractivity contribution in [1.82, 2.24) is 0 Å². The maximum atomic E-state index is 10.9. The van der Waals surface area contributed by atoms with Gasteiger partial charge in [0.2, 0.25) is 0 Å². The summed E-state index contributed by atoms with van der Waals surface area (Å²) in [5.74, 6) is 1.33. The second-order valence-corrected chi connectivity index (χ2v) is 6.00. The van der Waals surface area contributed by atoms with E-state index in [2.05, 4.69) is 0 Å². The molecule has 2 aliphatic rings. The molecule has 1 aliphatic heterocycles. The van der Waals surface area contributed by atoms with E-state index in [0.717, 1.165) is 38.6 Å². The molecule has 0 bridgehead atoms. The highest BCUT2D eigenvalue weighted by atomic mass is 16.5. The van der Waals surface area contributed by atoms with Crippen molar-refractivity contribution >= 4 is 6.29 Å². The molecule has 0 amide bonds. The van der Waals surface area contributed by atoms with Crippen molar-refractivity contribution in [3.05, 3.63) is 23.8 Å². The summed E-state index contributed by atoms with van der Waals surface area (Å²) < 4.78 is 17.5. The number of carbonyl (C=O) groups excluding carboxylic acids is 1. The van der Waals surface area contributed by atoms with E-state index in [1.165, 1.54) is 12.8 Å². The number of ether oxygens (including phenoxy) is 3. The lowest BCUT2D eigenvalue weighted by atomic mass is 9.90. The third-order valence-electron chi connectivity index (χ3n) is 4.58. The molecule has 1 saturated heterocycles. The van der Waals surface area contributed by atoms with Crippen LogP contribution in [0, 0.1) is 0 Å². The molecule has 21 heavy (non-hydrogen) atoms. The summed E-state index contributed by atoms with van der Waals surface area (Å²) >= 11 is 0. The first-order valence-electron chi connectivity index (χ1n) is 7.68. The van der Waals surface area contributed by atoms with E-state index in [-0.39, 0.29) is 11.7 Å². The Labute approximate surface area is 125 Å². The van der Waals surface area contributed by atoms with Crippen LogP contribution < -0.4 is 9.47 Å². The minimum Gasteiger partial charge on any atom is -0.493 e. The predicted molar refractivity (Wildman–Crippen MR) is 79.2 cm³/mol. The summed E-state index contributed by atoms with van der Waals surface area (Å²) in [7, 11) is 1.62. The second kappa shape index (κ2) is 6.06. The lowest BCUT2D eigenvalue weighted by molar-refractivity contribution is -0.108. The van der Waals surface area contributed by atoms with Crippen LogP contribution in [0.25, 0.3) is 0 Å². The Hall–Kier alpha value is -1.55. The van der Waals surface area contributed by atoms with Gasteiger partial charge in [0, 0.05) is 18.4 Å². The topological polar surface area (TPSA) is 44.8 Å². The van der Waals surface area contributed by atoms with Crippen molar-refractivity contribution in [2.45, 2.75) is 50.2 Å². The van der Waals surface area contributed by atoms with Gasteiger partial charge in [-0.05, 0) is 31.0 Å². The maximum absolute atomic E-state index is 10.9. The lowest BCUT2D eigenvalue weighted by Crippen LogP contribution is -2.41. The highest BCUT2D eigenvalue weighted by molar-refractivity contribution is 5.76. The maximum Gasteiger partial charge on any atom is 0.162 e. The SMILES string of the molecule is COc1ccc(C=O)cc1OC1CCOC2(CCCC2)C1. The molecule has 1 aromatic rings. The molecule has 1 saturated carbocycles. The average Bonchev–Trinajstić information content (AvgIpc) is 2.95. The summed E-state index contributed by atoms with van der Waals surface area (Å²) in [5.41, 5.74) is 0.631. The number of hydrogen-bond acceptors (Lipinski definition) is 4. The van der Waals surface area contributed by atoms with Gasteiger partial charge < -0.3 is 14.2 Å². The van der Waals surface area contributed by atoms with Crippen LogP contribution in [0.15, 0.2) is 18.2 Å². The summed E-state index contributed by atoms with van der Waals surface area (Å²) in [6.45, 7) is 0.750. The Bertz CT molecular complexity index is 506. The van der Waals surface area contributed by atoms with Crippen molar-refractivity contribution in [1.29, 1.82) is 0 Å². The van der Waals surface area contributed by atoms with Crippen molar-refractivity contribution in [2.24, 2.45) is 0 Å². The predicted octanol–water partition coefficient (Wildman–Crippen LogP) is 3.38. The van der Waals surface area contributed by atoms with Crippen molar-refractivity contribution in [2.75, 3.05) is 13.7 Å². The van der Waals surface area contributed by atoms with Crippen LogP contribution in [-0.2, 0) is 4.74 Å². The van der Waals surface area contributed by atoms with Crippen LogP contribution >= 0.6 is 0 Å². The fourth-order valence-electron chi connectivity index (χ4n) is 3.49. The Balaban J connectivity index is 1.74. The Morgan fingerprint density at radius 3 is 2.81 bits per heavy atom. The van der Waals surface area contributed by atoms with Gasteiger partial charge in [0.05, 0.1) is 19.3 Å². The standard InChI is InChI=1S/C17H22O4/c1-19-15-5-4-13(12-18)10-16(15)21-14-6-9-20-17(11-14)7-2-3-8-17/h4-5,10,12,14H,2-3,6-9,11H2,1H3. The molecule has 4 nitrogen and oxygen atoms in total. The molecular formula is C17H22O4. The quantitative estimate of drug-likeness (QED) is 0.797. The van der Waals surface area contributed by atoms with Crippen molar-refractivity contribution in [3.8, 4) is 11.5 Å². The van der Waals surface area contributed by atoms with Gasteiger partial charge in [-0.15, -0.1) is 0 Å². The van der Waals surface area contributed by atoms with Crippen LogP contribution in [0.5, 0.6) is 11.5 Å². The lowest BCUT2D eigenvalue weighted by Gasteiger charge is -2.38. The molecule has 1 aromatic carbocycles. The van der Waals surface area contributed by atoms with Gasteiger partial charge in [0.15, 0.2) is 11.5 Å². The fraction of sp³-hybridized carbons (Fsp3) is 0.588. The first-order chi connectivity index (χ1) is 10.2. The largest absolute Gasteiger partial charge is 0.493 e. The van der Waals surface area contributed by atoms with Crippen LogP contribution in [-0.4, -0.2) is 31.7 Å². The number of hydrogen-bond donors (Lipinski definition) is 0. The van der Waals surface area contributed by atoms with E-state index in [1.807, 2.05) is 0 Å². The van der Waals surface area contributed by atoms with Crippen LogP contribution in [0.3, 0.4) is 0 Å². The van der Waals surface area contributed by atoms with E-state index in [4.69, 9.17) is 14.2 Å². The Kier molecular flexibility index (Phi) is 4.15. The molecule has 0 radical (unpaired) electrons. The smallest absolute Gasteiger partial charge is 0.162 e. The summed E-state index contributed by atoms with van der Waals surface area (Å²) in [6, 6.07) is 5.27. The molecule has 4 heteroatoms. The molecule has 3 rings (SSSR count). The molecule has 1 heterocycles. The van der Waals surface area contributed by atoms with Gasteiger partial charge in [0.25, 0.3) is 0 Å². The van der Waals surface area contributed by atoms with Gasteiger partial charge in [-0.2, -0.15) is 0 Å². The monoisotopic (exact) mass is 290 g/mol. The highest BCUT2D eigenvalue weighted by Crippen LogP contribution is 2.41. The molecule has 114 valence electrons. The highest BCUT2D eigenvalue weighted by Gasteiger charge is 2.40. The van der Waals surface area contributed by atoms with Crippen molar-refractivity contribution < 1.29 is 19.0 Å².